The second-order valence-corrected chi connectivity index (χ2v) is 14.4. The maximum absolute atomic E-state index is 14.1. The predicted molar refractivity (Wildman–Crippen MR) is 168 cm³/mol. The number of carbonyl (C=O) groups is 1. The van der Waals surface area contributed by atoms with Gasteiger partial charge in [0.1, 0.15) is 0 Å². The number of aromatic nitrogens is 1. The number of para-hydroxylation sites is 1. The molecule has 0 radical (unpaired) electrons. The average Bonchev–Trinajstić information content (AvgIpc) is 3.28. The zero-order chi connectivity index (χ0) is 26.8. The number of amides is 1. The lowest BCUT2D eigenvalue weighted by Gasteiger charge is -2.39. The monoisotopic (exact) mass is 536 g/mol. The molecule has 0 aliphatic heterocycles. The second kappa shape index (κ2) is 11.7. The number of rotatable bonds is 6. The van der Waals surface area contributed by atoms with Crippen LogP contribution in [-0.2, 0) is 7.05 Å². The van der Waals surface area contributed by atoms with Crippen molar-refractivity contribution in [2.75, 3.05) is 5.32 Å². The van der Waals surface area contributed by atoms with Crippen LogP contribution in [0.2, 0.25) is 0 Å². The molecule has 2 fully saturated rings. The molecule has 0 bridgehead atoms. The van der Waals surface area contributed by atoms with Gasteiger partial charge in [0, 0.05) is 29.2 Å². The molecular formula is C35H41N2OP. The van der Waals surface area contributed by atoms with Crippen LogP contribution >= 0.6 is 7.92 Å². The Balaban J connectivity index is 1.50. The summed E-state index contributed by atoms with van der Waals surface area (Å²) in [4.78, 5) is 14.1. The van der Waals surface area contributed by atoms with Gasteiger partial charge in [0.2, 0.25) is 0 Å². The smallest absolute Gasteiger partial charge is 0.258 e. The highest BCUT2D eigenvalue weighted by atomic mass is 31.1. The van der Waals surface area contributed by atoms with Crippen molar-refractivity contribution in [3.63, 3.8) is 0 Å². The molecule has 0 spiro atoms. The highest BCUT2D eigenvalue weighted by Crippen LogP contribution is 2.56. The first-order chi connectivity index (χ1) is 19.1. The third-order valence-corrected chi connectivity index (χ3v) is 12.6. The maximum Gasteiger partial charge on any atom is 0.258 e. The van der Waals surface area contributed by atoms with E-state index in [9.17, 15) is 4.79 Å². The molecule has 2 aliphatic rings. The molecule has 4 heteroatoms. The molecule has 1 amide bonds. The fourth-order valence-electron chi connectivity index (χ4n) is 7.08. The molecular weight excluding hydrogens is 495 g/mol. The van der Waals surface area contributed by atoms with E-state index in [2.05, 4.69) is 84.5 Å². The van der Waals surface area contributed by atoms with E-state index in [0.717, 1.165) is 39.2 Å². The van der Waals surface area contributed by atoms with Gasteiger partial charge in [-0.1, -0.05) is 107 Å². The van der Waals surface area contributed by atoms with E-state index >= 15 is 0 Å². The van der Waals surface area contributed by atoms with Crippen molar-refractivity contribution in [1.29, 1.82) is 0 Å². The van der Waals surface area contributed by atoms with E-state index in [-0.39, 0.29) is 13.8 Å². The van der Waals surface area contributed by atoms with E-state index in [1.807, 2.05) is 12.1 Å². The van der Waals surface area contributed by atoms with Crippen LogP contribution in [-0.4, -0.2) is 21.8 Å². The van der Waals surface area contributed by atoms with Crippen LogP contribution in [0, 0.1) is 6.92 Å². The molecule has 6 rings (SSSR count). The van der Waals surface area contributed by atoms with Gasteiger partial charge in [-0.05, 0) is 67.4 Å². The van der Waals surface area contributed by atoms with Crippen molar-refractivity contribution in [2.45, 2.75) is 82.4 Å². The molecule has 0 atom stereocenters. The van der Waals surface area contributed by atoms with Gasteiger partial charge in [0.05, 0.1) is 11.3 Å². The summed E-state index contributed by atoms with van der Waals surface area (Å²) in [6.45, 7) is 2.07. The summed E-state index contributed by atoms with van der Waals surface area (Å²) in [5, 5.41) is 5.78. The molecule has 0 saturated heterocycles. The van der Waals surface area contributed by atoms with Crippen LogP contribution in [0.15, 0.2) is 72.8 Å². The Kier molecular flexibility index (Phi) is 7.89. The molecule has 39 heavy (non-hydrogen) atoms. The van der Waals surface area contributed by atoms with Crippen molar-refractivity contribution in [3.05, 3.63) is 83.9 Å². The van der Waals surface area contributed by atoms with Crippen LogP contribution in [0.25, 0.3) is 22.2 Å². The standard InChI is InChI=1S/C35H41N2OP/c1-25-21-23-26(24-22-25)36-35(38)33-29-17-9-11-19-31(29)37(2)34(33)30-18-10-12-20-32(30)39(27-13-5-3-6-14-27)28-15-7-4-8-16-28/h9-12,17-24,27-28H,3-8,13-16H2,1-2H3,(H,36,38). The second-order valence-electron chi connectivity index (χ2n) is 11.6. The molecule has 202 valence electrons. The lowest BCUT2D eigenvalue weighted by atomic mass is 9.99. The Morgan fingerprint density at radius 3 is 2.03 bits per heavy atom. The quantitative estimate of drug-likeness (QED) is 0.245. The van der Waals surface area contributed by atoms with Gasteiger partial charge in [-0.15, -0.1) is 0 Å². The zero-order valence-corrected chi connectivity index (χ0v) is 24.4. The molecule has 2 aliphatic carbocycles. The minimum Gasteiger partial charge on any atom is -0.343 e. The lowest BCUT2D eigenvalue weighted by Crippen LogP contribution is -2.27. The molecule has 3 aromatic carbocycles. The lowest BCUT2D eigenvalue weighted by molar-refractivity contribution is 0.102. The van der Waals surface area contributed by atoms with Gasteiger partial charge < -0.3 is 9.88 Å². The fraction of sp³-hybridized carbons (Fsp3) is 0.400. The number of fused-ring (bicyclic) bond motifs is 1. The molecule has 1 heterocycles. The van der Waals surface area contributed by atoms with E-state index in [4.69, 9.17) is 0 Å². The molecule has 0 unspecified atom stereocenters. The Labute approximate surface area is 234 Å². The van der Waals surface area contributed by atoms with Crippen molar-refractivity contribution in [3.8, 4) is 11.3 Å². The van der Waals surface area contributed by atoms with Gasteiger partial charge in [0.15, 0.2) is 0 Å². The number of nitrogens with one attached hydrogen (secondary N) is 1. The topological polar surface area (TPSA) is 34.0 Å². The fourth-order valence-corrected chi connectivity index (χ4v) is 11.0. The summed E-state index contributed by atoms with van der Waals surface area (Å²) < 4.78 is 2.27. The van der Waals surface area contributed by atoms with Gasteiger partial charge in [-0.2, -0.15) is 0 Å². The first-order valence-corrected chi connectivity index (χ1v) is 16.4. The highest BCUT2D eigenvalue weighted by molar-refractivity contribution is 7.67. The molecule has 1 N–H and O–H groups in total. The highest BCUT2D eigenvalue weighted by Gasteiger charge is 2.35. The molecule has 1 aromatic heterocycles. The van der Waals surface area contributed by atoms with Crippen molar-refractivity contribution in [1.82, 2.24) is 4.57 Å². The van der Waals surface area contributed by atoms with E-state index in [1.165, 1.54) is 80.6 Å². The Bertz CT molecular complexity index is 1420. The van der Waals surface area contributed by atoms with Gasteiger partial charge >= 0.3 is 0 Å². The average molecular weight is 537 g/mol. The minimum atomic E-state index is -0.307. The van der Waals surface area contributed by atoms with Crippen LogP contribution in [0.4, 0.5) is 5.69 Å². The minimum absolute atomic E-state index is 0.0277. The first kappa shape index (κ1) is 26.3. The van der Waals surface area contributed by atoms with Gasteiger partial charge in [-0.25, -0.2) is 0 Å². The third kappa shape index (κ3) is 5.31. The summed E-state index contributed by atoms with van der Waals surface area (Å²) in [7, 11) is 1.83. The third-order valence-electron chi connectivity index (χ3n) is 9.02. The first-order valence-electron chi connectivity index (χ1n) is 14.9. The molecule has 2 saturated carbocycles. The van der Waals surface area contributed by atoms with E-state index in [0.29, 0.717) is 0 Å². The van der Waals surface area contributed by atoms with Crippen LogP contribution in [0.3, 0.4) is 0 Å². The Morgan fingerprint density at radius 1 is 0.769 bits per heavy atom. The normalized spacial score (nSPS) is 17.1. The predicted octanol–water partition coefficient (Wildman–Crippen LogP) is 9.18. The summed E-state index contributed by atoms with van der Waals surface area (Å²) in [6, 6.07) is 25.6. The van der Waals surface area contributed by atoms with Crippen molar-refractivity contribution in [2.24, 2.45) is 7.05 Å². The van der Waals surface area contributed by atoms with E-state index in [1.54, 1.807) is 0 Å². The van der Waals surface area contributed by atoms with Gasteiger partial charge in [0.25, 0.3) is 5.91 Å². The van der Waals surface area contributed by atoms with Crippen LogP contribution in [0.5, 0.6) is 0 Å². The number of hydrogen-bond acceptors (Lipinski definition) is 1. The van der Waals surface area contributed by atoms with Crippen molar-refractivity contribution >= 4 is 35.7 Å². The van der Waals surface area contributed by atoms with Gasteiger partial charge in [-0.3, -0.25) is 4.79 Å². The number of aryl methyl sites for hydroxylation is 2. The summed E-state index contributed by atoms with van der Waals surface area (Å²) in [5.74, 6) is -0.0277. The number of benzene rings is 3. The van der Waals surface area contributed by atoms with Crippen molar-refractivity contribution < 1.29 is 4.79 Å². The zero-order valence-electron chi connectivity index (χ0n) is 23.5. The van der Waals surface area contributed by atoms with Crippen LogP contribution in [0.1, 0.15) is 80.1 Å². The molecule has 3 nitrogen and oxygen atoms in total. The number of carbonyl (C=O) groups excluding carboxylic acids is 1. The Hall–Kier alpha value is -2.90. The summed E-state index contributed by atoms with van der Waals surface area (Å²) >= 11 is 0. The number of nitrogens with zero attached hydrogens (tertiary/aromatic N) is 1. The number of anilines is 1. The number of hydrogen-bond donors (Lipinski definition) is 1. The Morgan fingerprint density at radius 2 is 1.36 bits per heavy atom. The summed E-state index contributed by atoms with van der Waals surface area (Å²) in [5.41, 5.74) is 7.87. The molecule has 4 aromatic rings. The van der Waals surface area contributed by atoms with Crippen LogP contribution < -0.4 is 10.6 Å². The SMILES string of the molecule is Cc1ccc(NC(=O)c2c(-c3ccccc3P(C3CCCCC3)C3CCCCC3)n(C)c3ccccc23)cc1. The maximum atomic E-state index is 14.1. The largest absolute Gasteiger partial charge is 0.343 e. The van der Waals surface area contributed by atoms with E-state index < -0.39 is 0 Å². The summed E-state index contributed by atoms with van der Waals surface area (Å²) in [6.07, 6.45) is 13.7.